The second-order valence-corrected chi connectivity index (χ2v) is 6.98. The van der Waals surface area contributed by atoms with Crippen molar-refractivity contribution >= 4 is 0 Å². The lowest BCUT2D eigenvalue weighted by molar-refractivity contribution is 0.000361. The maximum Gasteiger partial charge on any atom is 0.124 e. The smallest absolute Gasteiger partial charge is 0.124 e. The summed E-state index contributed by atoms with van der Waals surface area (Å²) in [7, 11) is 1.66. The van der Waals surface area contributed by atoms with E-state index in [1.165, 1.54) is 6.54 Å². The topological polar surface area (TPSA) is 45.2 Å². The van der Waals surface area contributed by atoms with E-state index >= 15 is 0 Å². The zero-order valence-corrected chi connectivity index (χ0v) is 15.3. The number of methoxy groups -OCH3 is 1. The molecule has 24 heavy (non-hydrogen) atoms. The first-order valence-corrected chi connectivity index (χ1v) is 8.91. The summed E-state index contributed by atoms with van der Waals surface area (Å²) in [5.41, 5.74) is 1.01. The van der Waals surface area contributed by atoms with Crippen molar-refractivity contribution < 1.29 is 14.6 Å². The van der Waals surface area contributed by atoms with Gasteiger partial charge in [0.1, 0.15) is 5.75 Å². The fourth-order valence-corrected chi connectivity index (χ4v) is 3.15. The Labute approximate surface area is 146 Å². The number of aliphatic hydroxyl groups excluding tert-OH is 1. The number of aliphatic hydroxyl groups is 1. The Morgan fingerprint density at radius 3 is 2.29 bits per heavy atom. The summed E-state index contributed by atoms with van der Waals surface area (Å²) < 4.78 is 11.0. The molecule has 1 aliphatic heterocycles. The number of hydrogen-bond acceptors (Lipinski definition) is 5. The standard InChI is InChI=1S/C19H32N2O3/c1-16(2)12-20-8-10-21(11-9-20)13-18(22)15-24-14-17-6-4-5-7-19(17)23-3/h4-7,16,18,22H,8-15H2,1-3H3/t18-/m1/s1. The molecule has 1 aromatic carbocycles. The van der Waals surface area contributed by atoms with Crippen LogP contribution < -0.4 is 4.74 Å². The van der Waals surface area contributed by atoms with Crippen molar-refractivity contribution in [3.8, 4) is 5.75 Å². The third-order valence-corrected chi connectivity index (χ3v) is 4.32. The number of piperazine rings is 1. The maximum absolute atomic E-state index is 10.2. The minimum Gasteiger partial charge on any atom is -0.496 e. The lowest BCUT2D eigenvalue weighted by Gasteiger charge is -2.36. The first-order chi connectivity index (χ1) is 11.6. The molecule has 5 nitrogen and oxygen atoms in total. The highest BCUT2D eigenvalue weighted by atomic mass is 16.5. The van der Waals surface area contributed by atoms with Crippen LogP contribution in [-0.2, 0) is 11.3 Å². The first-order valence-electron chi connectivity index (χ1n) is 8.91. The molecule has 0 unspecified atom stereocenters. The van der Waals surface area contributed by atoms with Crippen LogP contribution in [0.25, 0.3) is 0 Å². The molecule has 136 valence electrons. The van der Waals surface area contributed by atoms with Crippen LogP contribution in [0.2, 0.25) is 0 Å². The average molecular weight is 336 g/mol. The third kappa shape index (κ3) is 6.40. The molecule has 1 N–H and O–H groups in total. The summed E-state index contributed by atoms with van der Waals surface area (Å²) in [5, 5.41) is 10.2. The van der Waals surface area contributed by atoms with Crippen LogP contribution in [0.1, 0.15) is 19.4 Å². The van der Waals surface area contributed by atoms with E-state index in [0.29, 0.717) is 25.7 Å². The summed E-state index contributed by atoms with van der Waals surface area (Å²) >= 11 is 0. The molecule has 1 atom stereocenters. The number of ether oxygens (including phenoxy) is 2. The fraction of sp³-hybridized carbons (Fsp3) is 0.684. The van der Waals surface area contributed by atoms with Crippen molar-refractivity contribution in [1.82, 2.24) is 9.80 Å². The van der Waals surface area contributed by atoms with Crippen LogP contribution in [0, 0.1) is 5.92 Å². The zero-order chi connectivity index (χ0) is 17.4. The largest absolute Gasteiger partial charge is 0.496 e. The van der Waals surface area contributed by atoms with Gasteiger partial charge in [-0.1, -0.05) is 32.0 Å². The van der Waals surface area contributed by atoms with Gasteiger partial charge in [0.25, 0.3) is 0 Å². The van der Waals surface area contributed by atoms with Gasteiger partial charge < -0.3 is 19.5 Å². The SMILES string of the molecule is COc1ccccc1COC[C@H](O)CN1CCN(CC(C)C)CC1. The van der Waals surface area contributed by atoms with Crippen LogP contribution in [-0.4, -0.2) is 74.0 Å². The van der Waals surface area contributed by atoms with Crippen molar-refractivity contribution in [2.75, 3.05) is 53.0 Å². The van der Waals surface area contributed by atoms with E-state index in [1.54, 1.807) is 7.11 Å². The summed E-state index contributed by atoms with van der Waals surface area (Å²) in [6.07, 6.45) is -0.448. The number of para-hydroxylation sites is 1. The average Bonchev–Trinajstić information content (AvgIpc) is 2.56. The summed E-state index contributed by atoms with van der Waals surface area (Å²) in [6.45, 7) is 11.4. The fourth-order valence-electron chi connectivity index (χ4n) is 3.15. The Hall–Kier alpha value is -1.14. The van der Waals surface area contributed by atoms with Crippen molar-refractivity contribution in [1.29, 1.82) is 0 Å². The monoisotopic (exact) mass is 336 g/mol. The van der Waals surface area contributed by atoms with Gasteiger partial charge in [0.15, 0.2) is 0 Å². The van der Waals surface area contributed by atoms with Gasteiger partial charge in [-0.2, -0.15) is 0 Å². The summed E-state index contributed by atoms with van der Waals surface area (Å²) in [6, 6.07) is 7.81. The first kappa shape index (κ1) is 19.2. The Kier molecular flexibility index (Phi) is 7.99. The molecule has 1 aliphatic rings. The summed E-state index contributed by atoms with van der Waals surface area (Å²) in [4.78, 5) is 4.83. The van der Waals surface area contributed by atoms with E-state index in [1.807, 2.05) is 24.3 Å². The molecule has 0 aromatic heterocycles. The highest BCUT2D eigenvalue weighted by Crippen LogP contribution is 2.18. The molecule has 0 spiro atoms. The van der Waals surface area contributed by atoms with E-state index in [0.717, 1.165) is 37.5 Å². The predicted octanol–water partition coefficient (Wildman–Crippen LogP) is 1.85. The number of hydrogen-bond donors (Lipinski definition) is 1. The lowest BCUT2D eigenvalue weighted by atomic mass is 10.2. The van der Waals surface area contributed by atoms with Gasteiger partial charge in [-0.3, -0.25) is 4.90 Å². The molecule has 1 fully saturated rings. The van der Waals surface area contributed by atoms with Gasteiger partial charge in [-0.25, -0.2) is 0 Å². The van der Waals surface area contributed by atoms with Gasteiger partial charge in [-0.05, 0) is 12.0 Å². The van der Waals surface area contributed by atoms with Crippen molar-refractivity contribution in [2.45, 2.75) is 26.6 Å². The Balaban J connectivity index is 1.64. The Bertz CT molecular complexity index is 473. The number of β-amino-alcohol motifs (C(OH)–C–C–N with tert-alkyl or cyclic N) is 1. The minimum atomic E-state index is -0.448. The molecule has 2 rings (SSSR count). The van der Waals surface area contributed by atoms with Crippen molar-refractivity contribution in [3.05, 3.63) is 29.8 Å². The molecule has 0 radical (unpaired) electrons. The molecule has 1 saturated heterocycles. The third-order valence-electron chi connectivity index (χ3n) is 4.32. The van der Waals surface area contributed by atoms with E-state index in [2.05, 4.69) is 23.6 Å². The molecule has 5 heteroatoms. The van der Waals surface area contributed by atoms with Crippen LogP contribution in [0.4, 0.5) is 0 Å². The minimum absolute atomic E-state index is 0.351. The Morgan fingerprint density at radius 1 is 1.04 bits per heavy atom. The number of benzene rings is 1. The normalized spacial score (nSPS) is 18.0. The van der Waals surface area contributed by atoms with Gasteiger partial charge in [0.2, 0.25) is 0 Å². The highest BCUT2D eigenvalue weighted by Gasteiger charge is 2.19. The maximum atomic E-state index is 10.2. The van der Waals surface area contributed by atoms with Gasteiger partial charge in [0, 0.05) is 44.8 Å². The highest BCUT2D eigenvalue weighted by molar-refractivity contribution is 5.32. The van der Waals surface area contributed by atoms with E-state index in [4.69, 9.17) is 9.47 Å². The molecular formula is C19H32N2O3. The number of rotatable bonds is 9. The van der Waals surface area contributed by atoms with Crippen LogP contribution in [0.3, 0.4) is 0 Å². The molecule has 0 amide bonds. The van der Waals surface area contributed by atoms with Gasteiger partial charge in [0.05, 0.1) is 26.4 Å². The van der Waals surface area contributed by atoms with E-state index in [-0.39, 0.29) is 0 Å². The molecule has 1 aromatic rings. The second-order valence-electron chi connectivity index (χ2n) is 6.98. The second kappa shape index (κ2) is 9.99. The van der Waals surface area contributed by atoms with Crippen LogP contribution in [0.5, 0.6) is 5.75 Å². The van der Waals surface area contributed by atoms with Crippen molar-refractivity contribution in [3.63, 3.8) is 0 Å². The van der Waals surface area contributed by atoms with E-state index in [9.17, 15) is 5.11 Å². The molecule has 0 aliphatic carbocycles. The molecule has 0 saturated carbocycles. The van der Waals surface area contributed by atoms with Crippen LogP contribution in [0.15, 0.2) is 24.3 Å². The van der Waals surface area contributed by atoms with Gasteiger partial charge in [-0.15, -0.1) is 0 Å². The summed E-state index contributed by atoms with van der Waals surface area (Å²) in [5.74, 6) is 1.54. The lowest BCUT2D eigenvalue weighted by Crippen LogP contribution is -2.49. The molecule has 0 bridgehead atoms. The Morgan fingerprint density at radius 2 is 1.67 bits per heavy atom. The molecule has 1 heterocycles. The molecular weight excluding hydrogens is 304 g/mol. The predicted molar refractivity (Wildman–Crippen MR) is 96.4 cm³/mol. The van der Waals surface area contributed by atoms with E-state index < -0.39 is 6.10 Å². The van der Waals surface area contributed by atoms with Crippen LogP contribution >= 0.6 is 0 Å². The zero-order valence-electron chi connectivity index (χ0n) is 15.3. The van der Waals surface area contributed by atoms with Crippen molar-refractivity contribution in [2.24, 2.45) is 5.92 Å². The number of nitrogens with zero attached hydrogens (tertiary/aromatic N) is 2. The van der Waals surface area contributed by atoms with Gasteiger partial charge >= 0.3 is 0 Å². The quantitative estimate of drug-likeness (QED) is 0.746.